The molecule has 0 aliphatic carbocycles. The number of nitriles is 1. The number of pyridine rings is 1. The third kappa shape index (κ3) is 8.81. The molecule has 48 heavy (non-hydrogen) atoms. The third-order valence-corrected chi connectivity index (χ3v) is 9.07. The van der Waals surface area contributed by atoms with Crippen LogP contribution in [0.2, 0.25) is 5.02 Å². The summed E-state index contributed by atoms with van der Waals surface area (Å²) in [5, 5.41) is 22.1. The van der Waals surface area contributed by atoms with E-state index in [1.54, 1.807) is 18.3 Å². The summed E-state index contributed by atoms with van der Waals surface area (Å²) in [5.74, 6) is 1.08. The fourth-order valence-electron chi connectivity index (χ4n) is 5.45. The van der Waals surface area contributed by atoms with Gasteiger partial charge in [-0.15, -0.1) is 0 Å². The molecule has 0 fully saturated rings. The summed E-state index contributed by atoms with van der Waals surface area (Å²) < 4.78 is 13.6. The molecule has 5 rings (SSSR count). The highest BCUT2D eigenvalue weighted by molar-refractivity contribution is 9.10. The molecule has 9 heteroatoms. The average molecular weight is 726 g/mol. The lowest BCUT2D eigenvalue weighted by Crippen LogP contribution is -2.18. The molecule has 1 heterocycles. The van der Waals surface area contributed by atoms with Crippen LogP contribution in [0, 0.1) is 18.3 Å². The van der Waals surface area contributed by atoms with Crippen LogP contribution < -0.4 is 14.8 Å². The number of aliphatic hydroxyl groups is 1. The molecule has 0 aliphatic heterocycles. The minimum absolute atomic E-state index is 0.0150. The van der Waals surface area contributed by atoms with Gasteiger partial charge in [0, 0.05) is 53.7 Å². The number of aliphatic hydroxyl groups excluding tert-OH is 1. The van der Waals surface area contributed by atoms with Crippen molar-refractivity contribution in [1.82, 2.24) is 15.2 Å². The molecule has 0 spiro atoms. The minimum Gasteiger partial charge on any atom is -0.488 e. The van der Waals surface area contributed by atoms with Crippen LogP contribution in [0.4, 0.5) is 0 Å². The van der Waals surface area contributed by atoms with E-state index in [1.165, 1.54) is 11.8 Å². The van der Waals surface area contributed by atoms with Crippen molar-refractivity contribution in [2.45, 2.75) is 33.2 Å². The first kappa shape index (κ1) is 35.1. The number of rotatable bonds is 14. The number of benzene rings is 4. The number of hydrogen-bond donors (Lipinski definition) is 2. The number of nitrogens with zero attached hydrogens (tertiary/aromatic N) is 3. The van der Waals surface area contributed by atoms with Crippen LogP contribution >= 0.6 is 27.5 Å². The molecule has 0 unspecified atom stereocenters. The quantitative estimate of drug-likeness (QED) is 0.111. The molecular formula is C39H38BrClN4O3. The van der Waals surface area contributed by atoms with Gasteiger partial charge >= 0.3 is 0 Å². The number of aromatic nitrogens is 1. The van der Waals surface area contributed by atoms with Gasteiger partial charge in [0.1, 0.15) is 30.8 Å². The van der Waals surface area contributed by atoms with Crippen molar-refractivity contribution < 1.29 is 14.6 Å². The molecule has 246 valence electrons. The van der Waals surface area contributed by atoms with E-state index in [2.05, 4.69) is 113 Å². The highest BCUT2D eigenvalue weighted by Gasteiger charge is 2.16. The van der Waals surface area contributed by atoms with Gasteiger partial charge in [-0.25, -0.2) is 0 Å². The Hall–Kier alpha value is -4.23. The largest absolute Gasteiger partial charge is 0.488 e. The lowest BCUT2D eigenvalue weighted by atomic mass is 9.94. The van der Waals surface area contributed by atoms with E-state index in [4.69, 9.17) is 21.1 Å². The molecule has 0 aliphatic rings. The van der Waals surface area contributed by atoms with Crippen molar-refractivity contribution in [3.8, 4) is 39.8 Å². The monoisotopic (exact) mass is 724 g/mol. The van der Waals surface area contributed by atoms with Crippen molar-refractivity contribution >= 4 is 27.5 Å². The second kappa shape index (κ2) is 16.7. The Labute approximate surface area is 295 Å². The first-order chi connectivity index (χ1) is 23.3. The van der Waals surface area contributed by atoms with E-state index in [0.29, 0.717) is 41.8 Å². The molecule has 0 amide bonds. The zero-order valence-corrected chi connectivity index (χ0v) is 29.6. The molecule has 5 aromatic rings. The van der Waals surface area contributed by atoms with Crippen molar-refractivity contribution in [2.75, 3.05) is 27.2 Å². The Morgan fingerprint density at radius 3 is 2.35 bits per heavy atom. The molecule has 2 N–H and O–H groups in total. The molecule has 0 bridgehead atoms. The first-order valence-electron chi connectivity index (χ1n) is 15.6. The lowest BCUT2D eigenvalue weighted by Gasteiger charge is -2.18. The van der Waals surface area contributed by atoms with Crippen LogP contribution in [-0.4, -0.2) is 42.2 Å². The lowest BCUT2D eigenvalue weighted by molar-refractivity contribution is 0.282. The normalized spacial score (nSPS) is 11.0. The maximum absolute atomic E-state index is 9.24. The van der Waals surface area contributed by atoms with Gasteiger partial charge in [0.15, 0.2) is 0 Å². The molecule has 0 saturated carbocycles. The minimum atomic E-state index is 0.0150. The molecule has 0 saturated heterocycles. The van der Waals surface area contributed by atoms with Gasteiger partial charge in [-0.1, -0.05) is 72.3 Å². The van der Waals surface area contributed by atoms with Crippen LogP contribution in [0.5, 0.6) is 11.5 Å². The smallest absolute Gasteiger partial charge is 0.142 e. The van der Waals surface area contributed by atoms with Crippen LogP contribution in [0.1, 0.15) is 33.4 Å². The van der Waals surface area contributed by atoms with E-state index in [1.807, 2.05) is 12.1 Å². The van der Waals surface area contributed by atoms with E-state index in [-0.39, 0.29) is 13.2 Å². The average Bonchev–Trinajstić information content (AvgIpc) is 3.08. The summed E-state index contributed by atoms with van der Waals surface area (Å²) in [6, 6.07) is 28.8. The fourth-order valence-corrected chi connectivity index (χ4v) is 6.40. The van der Waals surface area contributed by atoms with Crippen molar-refractivity contribution in [3.05, 3.63) is 134 Å². The standard InChI is InChI=1S/C39H38BrClN4O3/c1-26-31(6-4-7-33(26)35-9-5-8-34(39(35)40)30-12-10-27(11-13-30)23-45(2)3)25-48-38-18-37(32(17-36(38)41)22-43-14-15-46)47-24-29-16-28(19-42)20-44-21-29/h4-13,16-18,20-21,43,46H,14-15,22-25H2,1-3H3. The van der Waals surface area contributed by atoms with Gasteiger partial charge in [-0.3, -0.25) is 4.98 Å². The molecule has 4 aromatic carbocycles. The predicted octanol–water partition coefficient (Wildman–Crippen LogP) is 8.31. The first-order valence-corrected chi connectivity index (χ1v) is 16.8. The third-order valence-electron chi connectivity index (χ3n) is 7.92. The molecule has 0 atom stereocenters. The Kier molecular flexibility index (Phi) is 12.2. The number of hydrogen-bond acceptors (Lipinski definition) is 7. The second-order valence-electron chi connectivity index (χ2n) is 11.8. The van der Waals surface area contributed by atoms with Crippen LogP contribution in [-0.2, 0) is 26.3 Å². The van der Waals surface area contributed by atoms with Crippen LogP contribution in [0.3, 0.4) is 0 Å². The molecule has 1 aromatic heterocycles. The highest BCUT2D eigenvalue weighted by atomic mass is 79.9. The number of nitrogens with one attached hydrogen (secondary N) is 1. The number of halogens is 2. The zero-order valence-electron chi connectivity index (χ0n) is 27.3. The summed E-state index contributed by atoms with van der Waals surface area (Å²) in [4.78, 5) is 6.29. The summed E-state index contributed by atoms with van der Waals surface area (Å²) >= 11 is 10.6. The Morgan fingerprint density at radius 2 is 1.60 bits per heavy atom. The summed E-state index contributed by atoms with van der Waals surface area (Å²) in [7, 11) is 4.15. The summed E-state index contributed by atoms with van der Waals surface area (Å²) in [6.45, 7) is 4.42. The van der Waals surface area contributed by atoms with Gasteiger partial charge in [-0.05, 0) is 88.0 Å². The van der Waals surface area contributed by atoms with Gasteiger partial charge in [0.25, 0.3) is 0 Å². The van der Waals surface area contributed by atoms with Crippen molar-refractivity contribution in [1.29, 1.82) is 5.26 Å². The Balaban J connectivity index is 1.37. The van der Waals surface area contributed by atoms with Crippen LogP contribution in [0.25, 0.3) is 22.3 Å². The van der Waals surface area contributed by atoms with Crippen molar-refractivity contribution in [3.63, 3.8) is 0 Å². The van der Waals surface area contributed by atoms with Gasteiger partial charge < -0.3 is 24.8 Å². The van der Waals surface area contributed by atoms with E-state index in [0.717, 1.165) is 55.5 Å². The Bertz CT molecular complexity index is 1910. The van der Waals surface area contributed by atoms with Crippen molar-refractivity contribution in [2.24, 2.45) is 0 Å². The molecule has 0 radical (unpaired) electrons. The Morgan fingerprint density at radius 1 is 0.875 bits per heavy atom. The SMILES string of the molecule is Cc1c(COc2cc(OCc3cncc(C#N)c3)c(CNCCO)cc2Cl)cccc1-c1cccc(-c2ccc(CN(C)C)cc2)c1Br. The van der Waals surface area contributed by atoms with E-state index >= 15 is 0 Å². The van der Waals surface area contributed by atoms with Crippen LogP contribution in [0.15, 0.2) is 95.7 Å². The molecular weight excluding hydrogens is 688 g/mol. The molecule has 7 nitrogen and oxygen atoms in total. The maximum Gasteiger partial charge on any atom is 0.142 e. The summed E-state index contributed by atoms with van der Waals surface area (Å²) in [6.07, 6.45) is 3.18. The topological polar surface area (TPSA) is 90.6 Å². The van der Waals surface area contributed by atoms with E-state index < -0.39 is 0 Å². The fraction of sp³-hybridized carbons (Fsp3) is 0.231. The maximum atomic E-state index is 9.24. The van der Waals surface area contributed by atoms with Gasteiger partial charge in [-0.2, -0.15) is 5.26 Å². The zero-order chi connectivity index (χ0) is 34.0. The predicted molar refractivity (Wildman–Crippen MR) is 195 cm³/mol. The van der Waals surface area contributed by atoms with Gasteiger partial charge in [0.05, 0.1) is 17.2 Å². The van der Waals surface area contributed by atoms with Gasteiger partial charge in [0.2, 0.25) is 0 Å². The highest BCUT2D eigenvalue weighted by Crippen LogP contribution is 2.39. The second-order valence-corrected chi connectivity index (χ2v) is 13.0. The summed E-state index contributed by atoms with van der Waals surface area (Å²) in [5.41, 5.74) is 9.97. The number of ether oxygens (including phenoxy) is 2. The van der Waals surface area contributed by atoms with E-state index in [9.17, 15) is 10.4 Å².